The zero-order valence-corrected chi connectivity index (χ0v) is 12.4. The summed E-state index contributed by atoms with van der Waals surface area (Å²) in [6.07, 6.45) is 2.12. The molecule has 0 bridgehead atoms. The van der Waals surface area contributed by atoms with E-state index in [0.29, 0.717) is 19.6 Å². The lowest BCUT2D eigenvalue weighted by Gasteiger charge is -2.37. The minimum absolute atomic E-state index is 0.0994. The summed E-state index contributed by atoms with van der Waals surface area (Å²) < 4.78 is 5.63. The molecular formula is C14H24N2O4. The molecule has 2 rings (SSSR count). The molecule has 114 valence electrons. The Morgan fingerprint density at radius 1 is 1.35 bits per heavy atom. The lowest BCUT2D eigenvalue weighted by Crippen LogP contribution is -2.51. The van der Waals surface area contributed by atoms with Crippen molar-refractivity contribution < 1.29 is 19.4 Å². The van der Waals surface area contributed by atoms with Crippen molar-refractivity contribution in [2.75, 3.05) is 13.2 Å². The zero-order chi connectivity index (χ0) is 14.9. The largest absolute Gasteiger partial charge is 0.481 e. The average molecular weight is 284 g/mol. The number of rotatable bonds is 2. The molecule has 3 atom stereocenters. The maximum absolute atomic E-state index is 12.3. The second-order valence-electron chi connectivity index (χ2n) is 6.41. The van der Waals surface area contributed by atoms with E-state index in [4.69, 9.17) is 9.84 Å². The summed E-state index contributed by atoms with van der Waals surface area (Å²) in [6, 6.07) is -0.299. The Balaban J connectivity index is 1.91. The van der Waals surface area contributed by atoms with Crippen molar-refractivity contribution in [1.82, 2.24) is 10.2 Å². The first-order chi connectivity index (χ1) is 9.30. The van der Waals surface area contributed by atoms with Gasteiger partial charge in [0.05, 0.1) is 11.5 Å². The summed E-state index contributed by atoms with van der Waals surface area (Å²) in [4.78, 5) is 25.0. The molecule has 2 N–H and O–H groups in total. The van der Waals surface area contributed by atoms with E-state index in [9.17, 15) is 9.59 Å². The highest BCUT2D eigenvalue weighted by Crippen LogP contribution is 2.26. The van der Waals surface area contributed by atoms with Crippen LogP contribution >= 0.6 is 0 Å². The number of amides is 2. The quantitative estimate of drug-likeness (QED) is 0.804. The molecular weight excluding hydrogens is 260 g/mol. The van der Waals surface area contributed by atoms with E-state index in [-0.39, 0.29) is 23.7 Å². The van der Waals surface area contributed by atoms with Crippen molar-refractivity contribution >= 4 is 12.0 Å². The number of carbonyl (C=O) groups is 2. The smallest absolute Gasteiger partial charge is 0.317 e. The highest BCUT2D eigenvalue weighted by molar-refractivity contribution is 5.78. The van der Waals surface area contributed by atoms with Gasteiger partial charge in [-0.1, -0.05) is 0 Å². The van der Waals surface area contributed by atoms with Gasteiger partial charge in [0.1, 0.15) is 0 Å². The highest BCUT2D eigenvalue weighted by atomic mass is 16.5. The minimum Gasteiger partial charge on any atom is -0.481 e. The number of hydrogen-bond donors (Lipinski definition) is 2. The van der Waals surface area contributed by atoms with Crippen LogP contribution in [0, 0.1) is 5.92 Å². The Morgan fingerprint density at radius 3 is 2.60 bits per heavy atom. The van der Waals surface area contributed by atoms with Crippen LogP contribution in [0.25, 0.3) is 0 Å². The SMILES string of the molecule is CC1C(C(=O)O)CCN1C(=O)NC1CCOC(C)(C)C1. The van der Waals surface area contributed by atoms with Gasteiger partial charge in [-0.05, 0) is 40.0 Å². The summed E-state index contributed by atoms with van der Waals surface area (Å²) in [5.74, 6) is -1.27. The molecule has 6 nitrogen and oxygen atoms in total. The molecule has 0 saturated carbocycles. The summed E-state index contributed by atoms with van der Waals surface area (Å²) in [6.45, 7) is 7.00. The zero-order valence-electron chi connectivity index (χ0n) is 12.4. The summed E-state index contributed by atoms with van der Waals surface area (Å²) in [5, 5.41) is 12.1. The van der Waals surface area contributed by atoms with E-state index in [0.717, 1.165) is 12.8 Å². The summed E-state index contributed by atoms with van der Waals surface area (Å²) in [5.41, 5.74) is -0.212. The van der Waals surface area contributed by atoms with Gasteiger partial charge >= 0.3 is 12.0 Å². The van der Waals surface area contributed by atoms with Gasteiger partial charge in [0.15, 0.2) is 0 Å². The number of hydrogen-bond acceptors (Lipinski definition) is 3. The van der Waals surface area contributed by atoms with E-state index >= 15 is 0 Å². The van der Waals surface area contributed by atoms with E-state index in [2.05, 4.69) is 5.32 Å². The molecule has 6 heteroatoms. The molecule has 2 aliphatic rings. The van der Waals surface area contributed by atoms with E-state index in [1.54, 1.807) is 11.8 Å². The van der Waals surface area contributed by atoms with Crippen LogP contribution in [0.5, 0.6) is 0 Å². The highest BCUT2D eigenvalue weighted by Gasteiger charge is 2.39. The molecule has 2 heterocycles. The van der Waals surface area contributed by atoms with Gasteiger partial charge in [-0.15, -0.1) is 0 Å². The predicted octanol–water partition coefficient (Wildman–Crippen LogP) is 1.45. The number of carboxylic acids is 1. The first kappa shape index (κ1) is 15.1. The lowest BCUT2D eigenvalue weighted by atomic mass is 9.94. The fourth-order valence-corrected chi connectivity index (χ4v) is 3.17. The molecule has 20 heavy (non-hydrogen) atoms. The maximum Gasteiger partial charge on any atom is 0.317 e. The third-order valence-electron chi connectivity index (χ3n) is 4.36. The molecule has 2 amide bonds. The van der Waals surface area contributed by atoms with Crippen LogP contribution in [0.3, 0.4) is 0 Å². The Kier molecular flexibility index (Phi) is 4.22. The van der Waals surface area contributed by atoms with Gasteiger partial charge in [-0.2, -0.15) is 0 Å². The van der Waals surface area contributed by atoms with Crippen molar-refractivity contribution in [2.24, 2.45) is 5.92 Å². The van der Waals surface area contributed by atoms with Crippen LogP contribution in [-0.4, -0.2) is 52.8 Å². The molecule has 3 unspecified atom stereocenters. The number of carboxylic acid groups (broad SMARTS) is 1. The van der Waals surface area contributed by atoms with Crippen LogP contribution in [0.2, 0.25) is 0 Å². The van der Waals surface area contributed by atoms with Crippen molar-refractivity contribution in [1.29, 1.82) is 0 Å². The van der Waals surface area contributed by atoms with Gasteiger partial charge in [-0.3, -0.25) is 4.79 Å². The van der Waals surface area contributed by atoms with Gasteiger partial charge in [0, 0.05) is 25.2 Å². The van der Waals surface area contributed by atoms with E-state index in [1.165, 1.54) is 0 Å². The molecule has 0 radical (unpaired) electrons. The number of urea groups is 1. The van der Waals surface area contributed by atoms with Gasteiger partial charge in [0.25, 0.3) is 0 Å². The Bertz CT molecular complexity index is 397. The fourth-order valence-electron chi connectivity index (χ4n) is 3.17. The average Bonchev–Trinajstić information content (AvgIpc) is 2.69. The number of likely N-dealkylation sites (tertiary alicyclic amines) is 1. The van der Waals surface area contributed by atoms with Crippen molar-refractivity contribution in [3.8, 4) is 0 Å². The number of aliphatic carboxylic acids is 1. The number of ether oxygens (including phenoxy) is 1. The third-order valence-corrected chi connectivity index (χ3v) is 4.36. The topological polar surface area (TPSA) is 78.9 Å². The third kappa shape index (κ3) is 3.23. The van der Waals surface area contributed by atoms with E-state index in [1.807, 2.05) is 13.8 Å². The van der Waals surface area contributed by atoms with Crippen molar-refractivity contribution in [3.05, 3.63) is 0 Å². The minimum atomic E-state index is -0.819. The summed E-state index contributed by atoms with van der Waals surface area (Å²) >= 11 is 0. The molecule has 0 aromatic carbocycles. The first-order valence-electron chi connectivity index (χ1n) is 7.24. The normalized spacial score (nSPS) is 33.0. The number of nitrogens with one attached hydrogen (secondary N) is 1. The number of nitrogens with zero attached hydrogens (tertiary/aromatic N) is 1. The first-order valence-corrected chi connectivity index (χ1v) is 7.24. The Hall–Kier alpha value is -1.30. The molecule has 2 aliphatic heterocycles. The molecule has 0 spiro atoms. The van der Waals surface area contributed by atoms with Crippen LogP contribution in [0.1, 0.15) is 40.0 Å². The lowest BCUT2D eigenvalue weighted by molar-refractivity contribution is -0.142. The molecule has 2 fully saturated rings. The molecule has 0 aromatic heterocycles. The van der Waals surface area contributed by atoms with Crippen LogP contribution < -0.4 is 5.32 Å². The second-order valence-corrected chi connectivity index (χ2v) is 6.41. The van der Waals surface area contributed by atoms with Crippen LogP contribution in [0.15, 0.2) is 0 Å². The fraction of sp³-hybridized carbons (Fsp3) is 0.857. The summed E-state index contributed by atoms with van der Waals surface area (Å²) in [7, 11) is 0. The molecule has 2 saturated heterocycles. The predicted molar refractivity (Wildman–Crippen MR) is 73.5 cm³/mol. The number of carbonyl (C=O) groups excluding carboxylic acids is 1. The van der Waals surface area contributed by atoms with Crippen molar-refractivity contribution in [2.45, 2.75) is 57.7 Å². The standard InChI is InChI=1S/C14H24N2O4/c1-9-11(12(17)18)4-6-16(9)13(19)15-10-5-7-20-14(2,3)8-10/h9-11H,4-8H2,1-3H3,(H,15,19)(H,17,18). The van der Waals surface area contributed by atoms with Gasteiger partial charge < -0.3 is 20.1 Å². The van der Waals surface area contributed by atoms with Crippen LogP contribution in [-0.2, 0) is 9.53 Å². The van der Waals surface area contributed by atoms with Crippen molar-refractivity contribution in [3.63, 3.8) is 0 Å². The Labute approximate surface area is 119 Å². The maximum atomic E-state index is 12.3. The Morgan fingerprint density at radius 2 is 2.05 bits per heavy atom. The molecule has 0 aromatic rings. The second kappa shape index (κ2) is 5.60. The monoisotopic (exact) mass is 284 g/mol. The van der Waals surface area contributed by atoms with E-state index < -0.39 is 11.9 Å². The van der Waals surface area contributed by atoms with Gasteiger partial charge in [0.2, 0.25) is 0 Å². The van der Waals surface area contributed by atoms with Gasteiger partial charge in [-0.25, -0.2) is 4.79 Å². The van der Waals surface area contributed by atoms with Crippen LogP contribution in [0.4, 0.5) is 4.79 Å². The molecule has 0 aliphatic carbocycles.